The van der Waals surface area contributed by atoms with Gasteiger partial charge in [0.25, 0.3) is 0 Å². The third kappa shape index (κ3) is 4.40. The van der Waals surface area contributed by atoms with E-state index in [0.717, 1.165) is 10.2 Å². The van der Waals surface area contributed by atoms with Gasteiger partial charge in [0, 0.05) is 10.5 Å². The van der Waals surface area contributed by atoms with E-state index in [4.69, 9.17) is 19.5 Å². The topological polar surface area (TPSA) is 51.5 Å². The molecule has 2 rings (SSSR count). The molecular formula is C16H14BrNO3. The highest BCUT2D eigenvalue weighted by Gasteiger charge is 2.05. The monoisotopic (exact) mass is 347 g/mol. The Hall–Kier alpha value is -2.19. The maximum Gasteiger partial charge on any atom is 0.162 e. The van der Waals surface area contributed by atoms with Crippen LogP contribution < -0.4 is 14.2 Å². The molecule has 0 N–H and O–H groups in total. The van der Waals surface area contributed by atoms with Gasteiger partial charge < -0.3 is 14.2 Å². The van der Waals surface area contributed by atoms with Crippen LogP contribution in [0, 0.1) is 11.3 Å². The zero-order chi connectivity index (χ0) is 15.1. The van der Waals surface area contributed by atoms with Crippen molar-refractivity contribution < 1.29 is 14.2 Å². The molecule has 0 amide bonds. The van der Waals surface area contributed by atoms with Crippen molar-refractivity contribution in [2.75, 3.05) is 20.3 Å². The van der Waals surface area contributed by atoms with Crippen LogP contribution in [0.5, 0.6) is 17.2 Å². The van der Waals surface area contributed by atoms with Crippen LogP contribution in [0.4, 0.5) is 0 Å². The lowest BCUT2D eigenvalue weighted by atomic mass is 10.2. The lowest BCUT2D eigenvalue weighted by Gasteiger charge is -2.11. The Bertz CT molecular complexity index is 635. The summed E-state index contributed by atoms with van der Waals surface area (Å²) in [6, 6.07) is 14.7. The molecule has 0 unspecified atom stereocenters. The largest absolute Gasteiger partial charge is 0.493 e. The Morgan fingerprint density at radius 2 is 1.71 bits per heavy atom. The predicted molar refractivity (Wildman–Crippen MR) is 82.8 cm³/mol. The second-order valence-corrected chi connectivity index (χ2v) is 5.04. The van der Waals surface area contributed by atoms with Gasteiger partial charge in [0.1, 0.15) is 19.0 Å². The van der Waals surface area contributed by atoms with Crippen molar-refractivity contribution in [2.45, 2.75) is 0 Å². The Morgan fingerprint density at radius 1 is 1.00 bits per heavy atom. The minimum atomic E-state index is 0.362. The van der Waals surface area contributed by atoms with Crippen molar-refractivity contribution in [3.8, 4) is 23.3 Å². The summed E-state index contributed by atoms with van der Waals surface area (Å²) >= 11 is 3.37. The molecule has 0 aliphatic carbocycles. The van der Waals surface area contributed by atoms with Gasteiger partial charge in [-0.15, -0.1) is 0 Å². The highest BCUT2D eigenvalue weighted by Crippen LogP contribution is 2.27. The van der Waals surface area contributed by atoms with E-state index in [2.05, 4.69) is 22.0 Å². The maximum absolute atomic E-state index is 8.89. The Labute approximate surface area is 132 Å². The zero-order valence-electron chi connectivity index (χ0n) is 11.5. The van der Waals surface area contributed by atoms with Crippen molar-refractivity contribution in [3.05, 3.63) is 52.5 Å². The van der Waals surface area contributed by atoms with Crippen molar-refractivity contribution >= 4 is 15.9 Å². The fourth-order valence-electron chi connectivity index (χ4n) is 1.70. The molecule has 0 bridgehead atoms. The van der Waals surface area contributed by atoms with Gasteiger partial charge in [0.15, 0.2) is 11.5 Å². The van der Waals surface area contributed by atoms with Crippen molar-refractivity contribution in [1.82, 2.24) is 0 Å². The quantitative estimate of drug-likeness (QED) is 0.746. The second kappa shape index (κ2) is 7.55. The molecule has 4 nitrogen and oxygen atoms in total. The molecule has 2 aromatic rings. The van der Waals surface area contributed by atoms with Crippen LogP contribution in [0.25, 0.3) is 0 Å². The lowest BCUT2D eigenvalue weighted by molar-refractivity contribution is 0.211. The minimum Gasteiger partial charge on any atom is -0.493 e. The Kier molecular flexibility index (Phi) is 5.47. The third-order valence-corrected chi connectivity index (χ3v) is 3.24. The molecule has 0 aliphatic rings. The van der Waals surface area contributed by atoms with Gasteiger partial charge in [0.2, 0.25) is 0 Å². The zero-order valence-corrected chi connectivity index (χ0v) is 13.1. The van der Waals surface area contributed by atoms with Crippen LogP contribution in [-0.4, -0.2) is 20.3 Å². The average Bonchev–Trinajstić information content (AvgIpc) is 2.53. The molecule has 21 heavy (non-hydrogen) atoms. The summed E-state index contributed by atoms with van der Waals surface area (Å²) < 4.78 is 17.4. The number of hydrogen-bond acceptors (Lipinski definition) is 4. The standard InChI is InChI=1S/C16H14BrNO3/c1-19-15-7-2-12(11-18)10-16(15)21-9-8-20-14-5-3-13(17)4-6-14/h2-7,10H,8-9H2,1H3. The van der Waals surface area contributed by atoms with Crippen LogP contribution >= 0.6 is 15.9 Å². The van der Waals surface area contributed by atoms with Crippen molar-refractivity contribution in [3.63, 3.8) is 0 Å². The van der Waals surface area contributed by atoms with E-state index in [1.165, 1.54) is 0 Å². The van der Waals surface area contributed by atoms with Crippen LogP contribution in [0.1, 0.15) is 5.56 Å². The maximum atomic E-state index is 8.89. The van der Waals surface area contributed by atoms with Crippen LogP contribution in [-0.2, 0) is 0 Å². The first-order valence-corrected chi connectivity index (χ1v) is 7.11. The summed E-state index contributed by atoms with van der Waals surface area (Å²) in [5, 5.41) is 8.89. The first kappa shape index (κ1) is 15.2. The average molecular weight is 348 g/mol. The van der Waals surface area contributed by atoms with Crippen LogP contribution in [0.2, 0.25) is 0 Å². The molecule has 0 fully saturated rings. The van der Waals surface area contributed by atoms with E-state index in [9.17, 15) is 0 Å². The van der Waals surface area contributed by atoms with Gasteiger partial charge in [-0.1, -0.05) is 15.9 Å². The molecule has 2 aromatic carbocycles. The summed E-state index contributed by atoms with van der Waals surface area (Å²) in [4.78, 5) is 0. The fraction of sp³-hybridized carbons (Fsp3) is 0.188. The van der Waals surface area contributed by atoms with Gasteiger partial charge >= 0.3 is 0 Å². The predicted octanol–water partition coefficient (Wildman–Crippen LogP) is 3.79. The number of nitrogens with zero attached hydrogens (tertiary/aromatic N) is 1. The van der Waals surface area contributed by atoms with Crippen molar-refractivity contribution in [2.24, 2.45) is 0 Å². The number of hydrogen-bond donors (Lipinski definition) is 0. The number of methoxy groups -OCH3 is 1. The highest BCUT2D eigenvalue weighted by atomic mass is 79.9. The Morgan fingerprint density at radius 3 is 2.38 bits per heavy atom. The molecule has 108 valence electrons. The number of ether oxygens (including phenoxy) is 3. The van der Waals surface area contributed by atoms with E-state index in [1.807, 2.05) is 24.3 Å². The molecule has 5 heteroatoms. The summed E-state index contributed by atoms with van der Waals surface area (Å²) in [5.41, 5.74) is 0.527. The second-order valence-electron chi connectivity index (χ2n) is 4.13. The number of rotatable bonds is 6. The summed E-state index contributed by atoms with van der Waals surface area (Å²) in [5.74, 6) is 1.91. The molecule has 0 radical (unpaired) electrons. The van der Waals surface area contributed by atoms with E-state index >= 15 is 0 Å². The minimum absolute atomic E-state index is 0.362. The van der Waals surface area contributed by atoms with E-state index < -0.39 is 0 Å². The van der Waals surface area contributed by atoms with Gasteiger partial charge in [-0.3, -0.25) is 0 Å². The van der Waals surface area contributed by atoms with Gasteiger partial charge in [0.05, 0.1) is 18.7 Å². The van der Waals surface area contributed by atoms with Crippen LogP contribution in [0.3, 0.4) is 0 Å². The Balaban J connectivity index is 1.88. The highest BCUT2D eigenvalue weighted by molar-refractivity contribution is 9.10. The molecule has 0 spiro atoms. The normalized spacial score (nSPS) is 9.76. The smallest absolute Gasteiger partial charge is 0.162 e. The molecule has 0 saturated carbocycles. The molecule has 0 saturated heterocycles. The number of halogens is 1. The van der Waals surface area contributed by atoms with E-state index in [1.54, 1.807) is 25.3 Å². The van der Waals surface area contributed by atoms with E-state index in [0.29, 0.717) is 30.3 Å². The summed E-state index contributed by atoms with van der Waals surface area (Å²) in [6.07, 6.45) is 0. The molecule has 0 aromatic heterocycles. The lowest BCUT2D eigenvalue weighted by Crippen LogP contribution is -2.09. The van der Waals surface area contributed by atoms with Gasteiger partial charge in [-0.05, 0) is 36.4 Å². The SMILES string of the molecule is COc1ccc(C#N)cc1OCCOc1ccc(Br)cc1. The molecule has 0 atom stereocenters. The number of nitriles is 1. The first-order valence-electron chi connectivity index (χ1n) is 6.32. The van der Waals surface area contributed by atoms with Crippen molar-refractivity contribution in [1.29, 1.82) is 5.26 Å². The number of benzene rings is 2. The van der Waals surface area contributed by atoms with E-state index in [-0.39, 0.29) is 0 Å². The summed E-state index contributed by atoms with van der Waals surface area (Å²) in [6.45, 7) is 0.767. The molecule has 0 aliphatic heterocycles. The van der Waals surface area contributed by atoms with Gasteiger partial charge in [-0.25, -0.2) is 0 Å². The van der Waals surface area contributed by atoms with Gasteiger partial charge in [-0.2, -0.15) is 5.26 Å². The molecular weight excluding hydrogens is 334 g/mol. The first-order chi connectivity index (χ1) is 10.2. The third-order valence-electron chi connectivity index (χ3n) is 2.72. The summed E-state index contributed by atoms with van der Waals surface area (Å²) in [7, 11) is 1.56. The van der Waals surface area contributed by atoms with Crippen LogP contribution in [0.15, 0.2) is 46.9 Å². The fourth-order valence-corrected chi connectivity index (χ4v) is 1.97. The molecule has 0 heterocycles.